The lowest BCUT2D eigenvalue weighted by Gasteiger charge is -2.23. The Morgan fingerprint density at radius 1 is 1.29 bits per heavy atom. The summed E-state index contributed by atoms with van der Waals surface area (Å²) in [4.78, 5) is 34.2. The summed E-state index contributed by atoms with van der Waals surface area (Å²) >= 11 is 5.85. The number of carbonyl (C=O) groups is 2. The van der Waals surface area contributed by atoms with Crippen LogP contribution in [0.5, 0.6) is 0 Å². The second-order valence-corrected chi connectivity index (χ2v) is 8.87. The Balaban J connectivity index is 1.62. The molecular formula is C25H24ClFN4O4. The van der Waals surface area contributed by atoms with E-state index in [2.05, 4.69) is 15.3 Å². The highest BCUT2D eigenvalue weighted by molar-refractivity contribution is 6.29. The first-order valence-corrected chi connectivity index (χ1v) is 11.4. The zero-order valence-corrected chi connectivity index (χ0v) is 20.1. The fourth-order valence-electron chi connectivity index (χ4n) is 4.05. The van der Waals surface area contributed by atoms with Crippen LogP contribution in [0.25, 0.3) is 0 Å². The summed E-state index contributed by atoms with van der Waals surface area (Å²) < 4.78 is 19.9. The van der Waals surface area contributed by atoms with Gasteiger partial charge >= 0.3 is 12.1 Å². The summed E-state index contributed by atoms with van der Waals surface area (Å²) in [5.41, 5.74) is 2.52. The molecule has 2 atom stereocenters. The Morgan fingerprint density at radius 3 is 2.80 bits per heavy atom. The molecule has 3 heterocycles. The van der Waals surface area contributed by atoms with Crippen LogP contribution in [-0.2, 0) is 11.2 Å². The number of pyridine rings is 2. The molecule has 10 heteroatoms. The maximum absolute atomic E-state index is 14.6. The molecule has 2 N–H and O–H groups in total. The Bertz CT molecular complexity index is 1300. The Morgan fingerprint density at radius 2 is 2.06 bits per heavy atom. The van der Waals surface area contributed by atoms with E-state index in [9.17, 15) is 19.1 Å². The van der Waals surface area contributed by atoms with E-state index in [0.717, 1.165) is 5.56 Å². The van der Waals surface area contributed by atoms with Crippen LogP contribution in [0.15, 0.2) is 42.5 Å². The predicted octanol–water partition coefficient (Wildman–Crippen LogP) is 5.33. The number of hydrogen-bond acceptors (Lipinski definition) is 6. The molecular weight excluding hydrogens is 475 g/mol. The fraction of sp³-hybridized carbons (Fsp3) is 0.280. The summed E-state index contributed by atoms with van der Waals surface area (Å²) in [6.07, 6.45) is -0.279. The molecule has 0 saturated carbocycles. The number of nitrogens with one attached hydrogen (secondary N) is 1. The number of carboxylic acid groups (broad SMARTS) is 1. The van der Waals surface area contributed by atoms with Gasteiger partial charge in [-0.3, -0.25) is 4.90 Å². The number of benzene rings is 1. The van der Waals surface area contributed by atoms with E-state index < -0.39 is 24.1 Å². The van der Waals surface area contributed by atoms with Crippen molar-refractivity contribution in [2.75, 3.05) is 16.8 Å². The molecule has 1 amide bonds. The van der Waals surface area contributed by atoms with E-state index >= 15 is 0 Å². The summed E-state index contributed by atoms with van der Waals surface area (Å²) in [5.74, 6) is -1.14. The number of rotatable bonds is 7. The maximum atomic E-state index is 14.6. The molecule has 3 aromatic rings. The molecule has 1 aliphatic heterocycles. The number of hydrogen-bond donors (Lipinski definition) is 2. The van der Waals surface area contributed by atoms with Crippen LogP contribution < -0.4 is 10.2 Å². The lowest BCUT2D eigenvalue weighted by molar-refractivity contribution is 0.0691. The molecule has 1 aromatic carbocycles. The third-order valence-corrected chi connectivity index (χ3v) is 6.00. The first-order chi connectivity index (χ1) is 16.6. The van der Waals surface area contributed by atoms with Gasteiger partial charge in [0, 0.05) is 0 Å². The number of ether oxygens (including phenoxy) is 1. The first kappa shape index (κ1) is 24.4. The van der Waals surface area contributed by atoms with Gasteiger partial charge in [0.2, 0.25) is 0 Å². The number of aromatic carboxylic acids is 1. The smallest absolute Gasteiger partial charge is 0.415 e. The van der Waals surface area contributed by atoms with Crippen molar-refractivity contribution < 1.29 is 23.8 Å². The lowest BCUT2D eigenvalue weighted by Crippen LogP contribution is -2.36. The van der Waals surface area contributed by atoms with Gasteiger partial charge in [-0.05, 0) is 68.1 Å². The second kappa shape index (κ2) is 9.87. The molecule has 35 heavy (non-hydrogen) atoms. The van der Waals surface area contributed by atoms with Crippen molar-refractivity contribution in [1.29, 1.82) is 0 Å². The quantitative estimate of drug-likeness (QED) is 0.424. The van der Waals surface area contributed by atoms with Crippen molar-refractivity contribution in [3.8, 4) is 0 Å². The van der Waals surface area contributed by atoms with Gasteiger partial charge in [-0.25, -0.2) is 23.9 Å². The van der Waals surface area contributed by atoms with Crippen LogP contribution in [0.1, 0.15) is 45.8 Å². The van der Waals surface area contributed by atoms with E-state index in [1.807, 2.05) is 19.9 Å². The number of halogens is 2. The van der Waals surface area contributed by atoms with Gasteiger partial charge in [-0.15, -0.1) is 0 Å². The van der Waals surface area contributed by atoms with Crippen molar-refractivity contribution in [1.82, 2.24) is 9.97 Å². The van der Waals surface area contributed by atoms with Gasteiger partial charge in [0.1, 0.15) is 23.4 Å². The first-order valence-electron chi connectivity index (χ1n) is 11.0. The Kier molecular flexibility index (Phi) is 6.88. The van der Waals surface area contributed by atoms with Crippen molar-refractivity contribution in [3.63, 3.8) is 0 Å². The second-order valence-electron chi connectivity index (χ2n) is 8.48. The van der Waals surface area contributed by atoms with Gasteiger partial charge in [0.05, 0.1) is 23.5 Å². The minimum Gasteiger partial charge on any atom is -0.476 e. The number of anilines is 2. The van der Waals surface area contributed by atoms with Crippen molar-refractivity contribution in [3.05, 3.63) is 81.5 Å². The molecule has 0 bridgehead atoms. The number of carboxylic acids is 1. The van der Waals surface area contributed by atoms with E-state index in [-0.39, 0.29) is 35.4 Å². The van der Waals surface area contributed by atoms with E-state index in [0.29, 0.717) is 22.6 Å². The normalized spacial score (nSPS) is 16.2. The van der Waals surface area contributed by atoms with E-state index in [1.54, 1.807) is 31.2 Å². The molecule has 0 radical (unpaired) electrons. The molecule has 2 aromatic heterocycles. The zero-order valence-electron chi connectivity index (χ0n) is 19.4. The molecule has 1 fully saturated rings. The summed E-state index contributed by atoms with van der Waals surface area (Å²) in [7, 11) is 0. The van der Waals surface area contributed by atoms with E-state index in [1.165, 1.54) is 17.0 Å². The van der Waals surface area contributed by atoms with Crippen molar-refractivity contribution in [2.45, 2.75) is 39.3 Å². The van der Waals surface area contributed by atoms with Crippen molar-refractivity contribution in [2.24, 2.45) is 0 Å². The number of nitrogens with zero attached hydrogens (tertiary/aromatic N) is 3. The predicted molar refractivity (Wildman–Crippen MR) is 130 cm³/mol. The average Bonchev–Trinajstić information content (AvgIpc) is 3.17. The lowest BCUT2D eigenvalue weighted by atomic mass is 10.0. The number of carbonyl (C=O) groups excluding carboxylic acids is 1. The largest absolute Gasteiger partial charge is 0.476 e. The number of amides is 1. The van der Waals surface area contributed by atoms with Gasteiger partial charge in [0.25, 0.3) is 0 Å². The number of aryl methyl sites for hydroxylation is 2. The molecule has 0 aliphatic carbocycles. The summed E-state index contributed by atoms with van der Waals surface area (Å²) in [6.45, 7) is 5.49. The SMILES string of the molecule is Cc1cc([C@@H](C)Nc2ccc(Cl)nc2C(=O)O)nc(N2C(=O)OC[C@@H]2Cc2cccc(C)c2F)c1. The Hall–Kier alpha value is -3.72. The molecule has 4 rings (SSSR count). The minimum atomic E-state index is -1.22. The van der Waals surface area contributed by atoms with Gasteiger partial charge < -0.3 is 15.2 Å². The van der Waals surface area contributed by atoms with Crippen molar-refractivity contribution >= 4 is 35.2 Å². The highest BCUT2D eigenvalue weighted by Gasteiger charge is 2.36. The third-order valence-electron chi connectivity index (χ3n) is 5.79. The van der Waals surface area contributed by atoms with Crippen LogP contribution >= 0.6 is 11.6 Å². The van der Waals surface area contributed by atoms with Gasteiger partial charge in [-0.2, -0.15) is 0 Å². The van der Waals surface area contributed by atoms with Gasteiger partial charge in [0.15, 0.2) is 5.69 Å². The molecule has 1 saturated heterocycles. The maximum Gasteiger partial charge on any atom is 0.415 e. The van der Waals surface area contributed by atoms with Crippen LogP contribution in [0.2, 0.25) is 5.15 Å². The zero-order chi connectivity index (χ0) is 25.3. The molecule has 0 unspecified atom stereocenters. The summed E-state index contributed by atoms with van der Waals surface area (Å²) in [6, 6.07) is 10.9. The molecule has 0 spiro atoms. The Labute approximate surface area is 206 Å². The molecule has 1 aliphatic rings. The highest BCUT2D eigenvalue weighted by atomic mass is 35.5. The topological polar surface area (TPSA) is 105 Å². The van der Waals surface area contributed by atoms with Crippen LogP contribution in [0.4, 0.5) is 20.7 Å². The molecule has 8 nitrogen and oxygen atoms in total. The van der Waals surface area contributed by atoms with Gasteiger partial charge in [-0.1, -0.05) is 29.8 Å². The standard InChI is InChI=1S/C25H24ClFN4O4/c1-13-9-19(15(3)28-18-7-8-20(26)30-23(18)24(32)33)29-21(10-13)31-17(12-35-25(31)34)11-16-6-4-5-14(2)22(16)27/h4-10,15,17,28H,11-12H2,1-3H3,(H,32,33)/t15-,17+/m1/s1. The van der Waals surface area contributed by atoms with E-state index in [4.69, 9.17) is 16.3 Å². The van der Waals surface area contributed by atoms with Crippen LogP contribution in [0, 0.1) is 19.7 Å². The highest BCUT2D eigenvalue weighted by Crippen LogP contribution is 2.29. The minimum absolute atomic E-state index is 0.0696. The number of cyclic esters (lactones) is 1. The van der Waals surface area contributed by atoms with Crippen LogP contribution in [0.3, 0.4) is 0 Å². The average molecular weight is 499 g/mol. The monoisotopic (exact) mass is 498 g/mol. The summed E-state index contributed by atoms with van der Waals surface area (Å²) in [5, 5.41) is 12.6. The molecule has 182 valence electrons. The number of aromatic nitrogens is 2. The fourth-order valence-corrected chi connectivity index (χ4v) is 4.20. The third kappa shape index (κ3) is 5.19. The van der Waals surface area contributed by atoms with Crippen LogP contribution in [-0.4, -0.2) is 39.8 Å².